The van der Waals surface area contributed by atoms with E-state index in [-0.39, 0.29) is 11.9 Å². The Hall–Kier alpha value is -3.12. The zero-order valence-corrected chi connectivity index (χ0v) is 12.8. The first-order valence-electron chi connectivity index (χ1n) is 7.48. The van der Waals surface area contributed by atoms with E-state index in [9.17, 15) is 4.79 Å². The summed E-state index contributed by atoms with van der Waals surface area (Å²) in [6.07, 6.45) is 0. The van der Waals surface area contributed by atoms with Gasteiger partial charge in [0.2, 0.25) is 0 Å². The van der Waals surface area contributed by atoms with Crippen LogP contribution in [0.15, 0.2) is 66.7 Å². The number of fused-ring (bicyclic) bond motifs is 1. The van der Waals surface area contributed by atoms with E-state index in [1.165, 1.54) is 0 Å². The van der Waals surface area contributed by atoms with Crippen LogP contribution in [0.4, 0.5) is 0 Å². The Morgan fingerprint density at radius 1 is 1.00 bits per heavy atom. The van der Waals surface area contributed by atoms with Gasteiger partial charge in [-0.25, -0.2) is 0 Å². The van der Waals surface area contributed by atoms with Crippen molar-refractivity contribution < 1.29 is 4.79 Å². The average Bonchev–Trinajstić information content (AvgIpc) is 2.61. The maximum Gasteiger partial charge on any atom is 0.252 e. The van der Waals surface area contributed by atoms with Crippen molar-refractivity contribution in [2.75, 3.05) is 0 Å². The third-order valence-electron chi connectivity index (χ3n) is 3.92. The predicted molar refractivity (Wildman–Crippen MR) is 91.0 cm³/mol. The predicted octanol–water partition coefficient (Wildman–Crippen LogP) is 4.20. The largest absolute Gasteiger partial charge is 0.345 e. The summed E-state index contributed by atoms with van der Waals surface area (Å²) in [6, 6.07) is 22.8. The molecule has 0 bridgehead atoms. The fraction of sp³-hybridized carbons (Fsp3) is 0.100. The van der Waals surface area contributed by atoms with Crippen LogP contribution in [0.2, 0.25) is 0 Å². The van der Waals surface area contributed by atoms with Crippen LogP contribution >= 0.6 is 0 Å². The summed E-state index contributed by atoms with van der Waals surface area (Å²) in [5.74, 6) is -0.0985. The number of nitrogens with zero attached hydrogens (tertiary/aromatic N) is 1. The number of carbonyl (C=O) groups excluding carboxylic acids is 1. The van der Waals surface area contributed by atoms with Crippen molar-refractivity contribution in [3.05, 3.63) is 83.4 Å². The maximum atomic E-state index is 12.6. The molecule has 3 rings (SSSR count). The fourth-order valence-corrected chi connectivity index (χ4v) is 2.63. The smallest absolute Gasteiger partial charge is 0.252 e. The molecule has 3 heteroatoms. The number of benzene rings is 3. The summed E-state index contributed by atoms with van der Waals surface area (Å²) in [4.78, 5) is 12.6. The molecule has 112 valence electrons. The third-order valence-corrected chi connectivity index (χ3v) is 3.92. The number of rotatable bonds is 3. The van der Waals surface area contributed by atoms with Crippen molar-refractivity contribution in [3.63, 3.8) is 0 Å². The quantitative estimate of drug-likeness (QED) is 0.788. The lowest BCUT2D eigenvalue weighted by molar-refractivity contribution is 0.0941. The Kier molecular flexibility index (Phi) is 4.07. The van der Waals surface area contributed by atoms with Gasteiger partial charge in [-0.1, -0.05) is 48.5 Å². The average molecular weight is 300 g/mol. The van der Waals surface area contributed by atoms with E-state index in [1.807, 2.05) is 61.5 Å². The molecule has 0 aliphatic rings. The molecule has 0 saturated carbocycles. The molecule has 3 aromatic rings. The lowest BCUT2D eigenvalue weighted by atomic mass is 10.0. The SMILES string of the molecule is CC(NC(=O)c1cccc2ccccc12)c1ccc(C#N)cc1. The first-order valence-corrected chi connectivity index (χ1v) is 7.48. The molecular weight excluding hydrogens is 284 g/mol. The van der Waals surface area contributed by atoms with E-state index in [1.54, 1.807) is 12.1 Å². The van der Waals surface area contributed by atoms with Gasteiger partial charge in [-0.05, 0) is 41.5 Å². The molecule has 1 N–H and O–H groups in total. The lowest BCUT2D eigenvalue weighted by Crippen LogP contribution is -2.26. The number of hydrogen-bond donors (Lipinski definition) is 1. The molecule has 1 unspecified atom stereocenters. The first-order chi connectivity index (χ1) is 11.2. The molecule has 0 spiro atoms. The molecule has 3 aromatic carbocycles. The summed E-state index contributed by atoms with van der Waals surface area (Å²) in [5, 5.41) is 13.9. The van der Waals surface area contributed by atoms with Gasteiger partial charge in [0.05, 0.1) is 17.7 Å². The molecule has 1 amide bonds. The van der Waals surface area contributed by atoms with Crippen LogP contribution in [-0.2, 0) is 0 Å². The van der Waals surface area contributed by atoms with Crippen molar-refractivity contribution in [2.24, 2.45) is 0 Å². The molecule has 0 saturated heterocycles. The number of amides is 1. The fourth-order valence-electron chi connectivity index (χ4n) is 2.63. The molecule has 0 aliphatic carbocycles. The highest BCUT2D eigenvalue weighted by Crippen LogP contribution is 2.20. The third kappa shape index (κ3) is 3.07. The molecule has 0 radical (unpaired) electrons. The van der Waals surface area contributed by atoms with Gasteiger partial charge < -0.3 is 5.32 Å². The molecular formula is C20H16N2O. The highest BCUT2D eigenvalue weighted by molar-refractivity contribution is 6.07. The Morgan fingerprint density at radius 2 is 1.70 bits per heavy atom. The highest BCUT2D eigenvalue weighted by Gasteiger charge is 2.13. The molecule has 0 fully saturated rings. The minimum absolute atomic E-state index is 0.0985. The molecule has 3 nitrogen and oxygen atoms in total. The highest BCUT2D eigenvalue weighted by atomic mass is 16.1. The van der Waals surface area contributed by atoms with Crippen molar-refractivity contribution in [2.45, 2.75) is 13.0 Å². The van der Waals surface area contributed by atoms with Crippen molar-refractivity contribution in [1.82, 2.24) is 5.32 Å². The lowest BCUT2D eigenvalue weighted by Gasteiger charge is -2.15. The molecule has 0 aromatic heterocycles. The molecule has 1 atom stereocenters. The number of carbonyl (C=O) groups is 1. The van der Waals surface area contributed by atoms with Gasteiger partial charge in [0.25, 0.3) is 5.91 Å². The van der Waals surface area contributed by atoms with Crippen molar-refractivity contribution in [3.8, 4) is 6.07 Å². The van der Waals surface area contributed by atoms with E-state index < -0.39 is 0 Å². The van der Waals surface area contributed by atoms with Gasteiger partial charge in [0.15, 0.2) is 0 Å². The van der Waals surface area contributed by atoms with E-state index in [2.05, 4.69) is 11.4 Å². The monoisotopic (exact) mass is 300 g/mol. The van der Waals surface area contributed by atoms with Gasteiger partial charge in [0.1, 0.15) is 0 Å². The van der Waals surface area contributed by atoms with Crippen LogP contribution in [0.3, 0.4) is 0 Å². The van der Waals surface area contributed by atoms with Crippen LogP contribution < -0.4 is 5.32 Å². The zero-order valence-electron chi connectivity index (χ0n) is 12.8. The second kappa shape index (κ2) is 6.33. The van der Waals surface area contributed by atoms with E-state index >= 15 is 0 Å². The summed E-state index contributed by atoms with van der Waals surface area (Å²) in [7, 11) is 0. The molecule has 23 heavy (non-hydrogen) atoms. The summed E-state index contributed by atoms with van der Waals surface area (Å²) in [6.45, 7) is 1.93. The van der Waals surface area contributed by atoms with E-state index in [0.717, 1.165) is 16.3 Å². The van der Waals surface area contributed by atoms with Gasteiger partial charge in [0, 0.05) is 5.56 Å². The Morgan fingerprint density at radius 3 is 2.43 bits per heavy atom. The Balaban J connectivity index is 1.84. The second-order valence-corrected chi connectivity index (χ2v) is 5.46. The summed E-state index contributed by atoms with van der Waals surface area (Å²) in [5.41, 5.74) is 2.25. The summed E-state index contributed by atoms with van der Waals surface area (Å²) >= 11 is 0. The van der Waals surface area contributed by atoms with Crippen LogP contribution in [-0.4, -0.2) is 5.91 Å². The van der Waals surface area contributed by atoms with Crippen LogP contribution in [0, 0.1) is 11.3 Å². The van der Waals surface area contributed by atoms with Gasteiger partial charge in [-0.2, -0.15) is 5.26 Å². The van der Waals surface area contributed by atoms with Gasteiger partial charge in [-0.3, -0.25) is 4.79 Å². The van der Waals surface area contributed by atoms with Crippen LogP contribution in [0.1, 0.15) is 34.5 Å². The van der Waals surface area contributed by atoms with Crippen molar-refractivity contribution >= 4 is 16.7 Å². The zero-order chi connectivity index (χ0) is 16.2. The topological polar surface area (TPSA) is 52.9 Å². The van der Waals surface area contributed by atoms with E-state index in [0.29, 0.717) is 11.1 Å². The molecule has 0 aliphatic heterocycles. The van der Waals surface area contributed by atoms with Gasteiger partial charge in [-0.15, -0.1) is 0 Å². The Bertz CT molecular complexity index is 886. The number of nitrogens with one attached hydrogen (secondary N) is 1. The van der Waals surface area contributed by atoms with E-state index in [4.69, 9.17) is 5.26 Å². The standard InChI is InChI=1S/C20H16N2O/c1-14(16-11-9-15(13-21)10-12-16)22-20(23)19-8-4-6-17-5-2-3-7-18(17)19/h2-12,14H,1H3,(H,22,23). The Labute approximate surface area is 135 Å². The molecule has 0 heterocycles. The van der Waals surface area contributed by atoms with Crippen LogP contribution in [0.25, 0.3) is 10.8 Å². The normalized spacial score (nSPS) is 11.7. The maximum absolute atomic E-state index is 12.6. The minimum atomic E-state index is -0.130. The summed E-state index contributed by atoms with van der Waals surface area (Å²) < 4.78 is 0. The van der Waals surface area contributed by atoms with Crippen molar-refractivity contribution in [1.29, 1.82) is 5.26 Å². The second-order valence-electron chi connectivity index (χ2n) is 5.46. The minimum Gasteiger partial charge on any atom is -0.345 e. The first kappa shape index (κ1) is 14.8. The number of nitriles is 1. The number of hydrogen-bond acceptors (Lipinski definition) is 2. The van der Waals surface area contributed by atoms with Crippen LogP contribution in [0.5, 0.6) is 0 Å². The van der Waals surface area contributed by atoms with Gasteiger partial charge >= 0.3 is 0 Å².